The first-order valence-corrected chi connectivity index (χ1v) is 12.6. The summed E-state index contributed by atoms with van der Waals surface area (Å²) >= 11 is 0. The van der Waals surface area contributed by atoms with Gasteiger partial charge in [-0.3, -0.25) is 9.69 Å². The van der Waals surface area contributed by atoms with E-state index >= 15 is 0 Å². The highest BCUT2D eigenvalue weighted by Gasteiger charge is 2.30. The van der Waals surface area contributed by atoms with Gasteiger partial charge in [-0.15, -0.1) is 0 Å². The quantitative estimate of drug-likeness (QED) is 0.201. The average molecular weight is 539 g/mol. The van der Waals surface area contributed by atoms with Crippen LogP contribution in [0, 0.1) is 0 Å². The molecule has 0 aliphatic heterocycles. The maximum Gasteiger partial charge on any atom is 0.416 e. The van der Waals surface area contributed by atoms with Crippen molar-refractivity contribution < 1.29 is 27.5 Å². The van der Waals surface area contributed by atoms with Gasteiger partial charge in [0.2, 0.25) is 5.91 Å². The molecule has 0 radical (unpaired) electrons. The van der Waals surface area contributed by atoms with Gasteiger partial charge in [0.15, 0.2) is 0 Å². The van der Waals surface area contributed by atoms with E-state index in [2.05, 4.69) is 0 Å². The molecule has 0 aliphatic rings. The fourth-order valence-electron chi connectivity index (χ4n) is 4.28. The van der Waals surface area contributed by atoms with E-state index in [0.717, 1.165) is 23.3 Å². The lowest BCUT2D eigenvalue weighted by molar-refractivity contribution is -0.137. The molecular formula is C31H33F3N2O3. The lowest BCUT2D eigenvalue weighted by Gasteiger charge is -2.32. The SMILES string of the molecule is COc1ccc(/C=C/C(=O)N(CC=O)C[C@H](CCc2ccccc2)N(C)Cc2cccc(C(F)(F)F)c2)cc1. The molecule has 0 saturated carbocycles. The molecule has 0 spiro atoms. The number of benzene rings is 3. The van der Waals surface area contributed by atoms with Crippen LogP contribution >= 0.6 is 0 Å². The third-order valence-corrected chi connectivity index (χ3v) is 6.49. The lowest BCUT2D eigenvalue weighted by Crippen LogP contribution is -2.44. The minimum absolute atomic E-state index is 0.0922. The number of halogens is 3. The Bertz CT molecular complexity index is 1230. The van der Waals surface area contributed by atoms with Crippen molar-refractivity contribution in [3.63, 3.8) is 0 Å². The van der Waals surface area contributed by atoms with E-state index in [9.17, 15) is 22.8 Å². The second-order valence-corrected chi connectivity index (χ2v) is 9.31. The van der Waals surface area contributed by atoms with Gasteiger partial charge in [-0.2, -0.15) is 13.2 Å². The summed E-state index contributed by atoms with van der Waals surface area (Å²) < 4.78 is 44.9. The maximum atomic E-state index is 13.2. The summed E-state index contributed by atoms with van der Waals surface area (Å²) in [5, 5.41) is 0. The van der Waals surface area contributed by atoms with Gasteiger partial charge in [0, 0.05) is 25.2 Å². The summed E-state index contributed by atoms with van der Waals surface area (Å²) in [5.41, 5.74) is 1.74. The largest absolute Gasteiger partial charge is 0.497 e. The third kappa shape index (κ3) is 9.41. The fourth-order valence-corrected chi connectivity index (χ4v) is 4.28. The van der Waals surface area contributed by atoms with Crippen molar-refractivity contribution in [1.29, 1.82) is 0 Å². The number of methoxy groups -OCH3 is 1. The van der Waals surface area contributed by atoms with Crippen molar-refractivity contribution >= 4 is 18.3 Å². The highest BCUT2D eigenvalue weighted by Crippen LogP contribution is 2.30. The fraction of sp³-hybridized carbons (Fsp3) is 0.290. The van der Waals surface area contributed by atoms with Crippen molar-refractivity contribution in [3.05, 3.63) is 107 Å². The lowest BCUT2D eigenvalue weighted by atomic mass is 10.0. The Kier molecular flexibility index (Phi) is 10.9. The molecule has 1 atom stereocenters. The highest BCUT2D eigenvalue weighted by molar-refractivity contribution is 5.92. The van der Waals surface area contributed by atoms with Crippen LogP contribution in [0.2, 0.25) is 0 Å². The monoisotopic (exact) mass is 538 g/mol. The molecule has 0 N–H and O–H groups in total. The summed E-state index contributed by atoms with van der Waals surface area (Å²) in [5.74, 6) is 0.376. The predicted molar refractivity (Wildman–Crippen MR) is 146 cm³/mol. The zero-order valence-corrected chi connectivity index (χ0v) is 22.1. The molecule has 3 aromatic carbocycles. The Labute approximate surface area is 227 Å². The molecule has 0 bridgehead atoms. The number of nitrogens with zero attached hydrogens (tertiary/aromatic N) is 2. The Balaban J connectivity index is 1.78. The van der Waals surface area contributed by atoms with Crippen molar-refractivity contribution in [2.24, 2.45) is 0 Å². The molecular weight excluding hydrogens is 505 g/mol. The van der Waals surface area contributed by atoms with E-state index in [1.54, 1.807) is 31.4 Å². The van der Waals surface area contributed by atoms with Crippen molar-refractivity contribution in [2.45, 2.75) is 31.6 Å². The Morgan fingerprint density at radius 3 is 2.31 bits per heavy atom. The summed E-state index contributed by atoms with van der Waals surface area (Å²) in [4.78, 5) is 28.0. The second-order valence-electron chi connectivity index (χ2n) is 9.31. The zero-order valence-electron chi connectivity index (χ0n) is 22.1. The number of likely N-dealkylation sites (N-methyl/N-ethyl adjacent to an activating group) is 1. The molecule has 8 heteroatoms. The summed E-state index contributed by atoms with van der Waals surface area (Å²) in [6, 6.07) is 22.1. The molecule has 0 saturated heterocycles. The number of alkyl halides is 3. The average Bonchev–Trinajstić information content (AvgIpc) is 2.93. The Hall–Kier alpha value is -3.91. The van der Waals surface area contributed by atoms with Crippen LogP contribution in [-0.4, -0.2) is 55.3 Å². The molecule has 0 aliphatic carbocycles. The third-order valence-electron chi connectivity index (χ3n) is 6.49. The molecule has 0 heterocycles. The number of rotatable bonds is 13. The number of aryl methyl sites for hydroxylation is 1. The minimum Gasteiger partial charge on any atom is -0.497 e. The summed E-state index contributed by atoms with van der Waals surface area (Å²) in [6.45, 7) is 0.409. The van der Waals surface area contributed by atoms with Gasteiger partial charge in [0.1, 0.15) is 12.0 Å². The van der Waals surface area contributed by atoms with Crippen molar-refractivity contribution in [3.8, 4) is 5.75 Å². The van der Waals surface area contributed by atoms with E-state index in [4.69, 9.17) is 4.74 Å². The first kappa shape index (κ1) is 29.6. The molecule has 39 heavy (non-hydrogen) atoms. The number of carbonyl (C=O) groups is 2. The van der Waals surface area contributed by atoms with Crippen LogP contribution in [0.25, 0.3) is 6.08 Å². The van der Waals surface area contributed by atoms with Crippen LogP contribution in [0.15, 0.2) is 84.9 Å². The number of hydrogen-bond acceptors (Lipinski definition) is 4. The van der Waals surface area contributed by atoms with Gasteiger partial charge in [-0.05, 0) is 60.9 Å². The van der Waals surface area contributed by atoms with Crippen LogP contribution < -0.4 is 4.74 Å². The Morgan fingerprint density at radius 1 is 0.974 bits per heavy atom. The van der Waals surface area contributed by atoms with Gasteiger partial charge in [-0.25, -0.2) is 0 Å². The van der Waals surface area contributed by atoms with Crippen LogP contribution in [-0.2, 0) is 28.7 Å². The standard InChI is InChI=1S/C31H33F3N2O3/c1-35(22-26-9-6-10-27(21-26)31(32,33)34)28(15-11-24-7-4-3-5-8-24)23-36(19-20-37)30(38)18-14-25-12-16-29(39-2)17-13-25/h3-10,12-14,16-18,20-21,28H,11,15,19,22-23H2,1-2H3/b18-14+/t28-/m0/s1. The molecule has 0 aromatic heterocycles. The smallest absolute Gasteiger partial charge is 0.416 e. The van der Waals surface area contributed by atoms with Crippen LogP contribution in [0.4, 0.5) is 13.2 Å². The molecule has 0 unspecified atom stereocenters. The van der Waals surface area contributed by atoms with E-state index in [-0.39, 0.29) is 31.6 Å². The number of amides is 1. The number of aldehydes is 1. The van der Waals surface area contributed by atoms with Crippen molar-refractivity contribution in [1.82, 2.24) is 9.80 Å². The van der Waals surface area contributed by atoms with Crippen LogP contribution in [0.1, 0.15) is 28.7 Å². The van der Waals surface area contributed by atoms with Gasteiger partial charge in [0.05, 0.1) is 19.2 Å². The van der Waals surface area contributed by atoms with Crippen molar-refractivity contribution in [2.75, 3.05) is 27.2 Å². The molecule has 3 aromatic rings. The second kappa shape index (κ2) is 14.3. The maximum absolute atomic E-state index is 13.2. The molecule has 206 valence electrons. The minimum atomic E-state index is -4.43. The summed E-state index contributed by atoms with van der Waals surface area (Å²) in [7, 11) is 3.40. The highest BCUT2D eigenvalue weighted by atomic mass is 19.4. The molecule has 3 rings (SSSR count). The topological polar surface area (TPSA) is 49.9 Å². The molecule has 5 nitrogen and oxygen atoms in total. The number of hydrogen-bond donors (Lipinski definition) is 0. The van der Waals surface area contributed by atoms with E-state index in [1.165, 1.54) is 17.0 Å². The van der Waals surface area contributed by atoms with E-state index < -0.39 is 11.7 Å². The van der Waals surface area contributed by atoms with E-state index in [1.807, 2.05) is 54.4 Å². The van der Waals surface area contributed by atoms with E-state index in [0.29, 0.717) is 30.4 Å². The normalized spacial score (nSPS) is 12.5. The van der Waals surface area contributed by atoms with Crippen LogP contribution in [0.3, 0.4) is 0 Å². The molecule has 0 fully saturated rings. The first-order chi connectivity index (χ1) is 18.7. The predicted octanol–water partition coefficient (Wildman–Crippen LogP) is 5.89. The summed E-state index contributed by atoms with van der Waals surface area (Å²) in [6.07, 6.45) is 0.704. The van der Waals surface area contributed by atoms with Gasteiger partial charge in [-0.1, -0.05) is 60.7 Å². The van der Waals surface area contributed by atoms with Gasteiger partial charge >= 0.3 is 6.18 Å². The first-order valence-electron chi connectivity index (χ1n) is 12.6. The van der Waals surface area contributed by atoms with Crippen LogP contribution in [0.5, 0.6) is 5.75 Å². The van der Waals surface area contributed by atoms with Gasteiger partial charge in [0.25, 0.3) is 0 Å². The van der Waals surface area contributed by atoms with Gasteiger partial charge < -0.3 is 14.4 Å². The Morgan fingerprint density at radius 2 is 1.67 bits per heavy atom. The number of ether oxygens (including phenoxy) is 1. The number of carbonyl (C=O) groups excluding carboxylic acids is 2. The molecule has 1 amide bonds. The zero-order chi connectivity index (χ0) is 28.3.